The van der Waals surface area contributed by atoms with Crippen LogP contribution in [0.5, 0.6) is 0 Å². The summed E-state index contributed by atoms with van der Waals surface area (Å²) in [6.45, 7) is 4.32. The van der Waals surface area contributed by atoms with Crippen molar-refractivity contribution >= 4 is 33.3 Å². The van der Waals surface area contributed by atoms with Gasteiger partial charge in [0.05, 0.1) is 4.47 Å². The van der Waals surface area contributed by atoms with Gasteiger partial charge in [0.1, 0.15) is 17.3 Å². The van der Waals surface area contributed by atoms with Gasteiger partial charge in [-0.05, 0) is 29.3 Å². The maximum atomic E-state index is 5.86. The first-order valence-corrected chi connectivity index (χ1v) is 6.24. The van der Waals surface area contributed by atoms with Crippen LogP contribution in [0.4, 0.5) is 5.82 Å². The normalized spacial score (nSPS) is 12.5. The van der Waals surface area contributed by atoms with Crippen LogP contribution in [0, 0.1) is 0 Å². The van der Waals surface area contributed by atoms with Crippen molar-refractivity contribution in [2.75, 3.05) is 5.32 Å². The zero-order valence-corrected chi connectivity index (χ0v) is 11.3. The van der Waals surface area contributed by atoms with E-state index in [9.17, 15) is 0 Å². The van der Waals surface area contributed by atoms with E-state index in [1.807, 2.05) is 0 Å². The molecule has 0 bridgehead atoms. The highest BCUT2D eigenvalue weighted by Gasteiger charge is 2.09. The van der Waals surface area contributed by atoms with E-state index in [4.69, 9.17) is 11.6 Å². The minimum atomic E-state index is 0.396. The first kappa shape index (κ1) is 12.7. The summed E-state index contributed by atoms with van der Waals surface area (Å²) in [4.78, 5) is 8.01. The smallest absolute Gasteiger partial charge is 0.148 e. The number of halogens is 2. The van der Waals surface area contributed by atoms with Crippen molar-refractivity contribution in [3.8, 4) is 0 Å². The number of unbranched alkanes of at least 4 members (excludes halogenated alkanes) is 1. The molecule has 3 nitrogen and oxygen atoms in total. The summed E-state index contributed by atoms with van der Waals surface area (Å²) in [5.74, 6) is 0.763. The van der Waals surface area contributed by atoms with Crippen LogP contribution in [-0.4, -0.2) is 16.0 Å². The van der Waals surface area contributed by atoms with E-state index in [-0.39, 0.29) is 0 Å². The van der Waals surface area contributed by atoms with Gasteiger partial charge in [-0.3, -0.25) is 0 Å². The third-order valence-corrected chi connectivity index (χ3v) is 3.39. The van der Waals surface area contributed by atoms with Crippen LogP contribution in [0.25, 0.3) is 0 Å². The molecule has 5 heteroatoms. The van der Waals surface area contributed by atoms with Gasteiger partial charge in [0.2, 0.25) is 0 Å². The van der Waals surface area contributed by atoms with Gasteiger partial charge in [-0.15, -0.1) is 0 Å². The van der Waals surface area contributed by atoms with Crippen LogP contribution in [0.2, 0.25) is 5.15 Å². The molecule has 1 heterocycles. The number of hydrogen-bond donors (Lipinski definition) is 1. The second kappa shape index (κ2) is 6.28. The molecule has 1 atom stereocenters. The van der Waals surface area contributed by atoms with Gasteiger partial charge in [-0.1, -0.05) is 31.4 Å². The zero-order chi connectivity index (χ0) is 11.3. The van der Waals surface area contributed by atoms with Crippen LogP contribution in [-0.2, 0) is 0 Å². The van der Waals surface area contributed by atoms with Crippen molar-refractivity contribution < 1.29 is 0 Å². The Morgan fingerprint density at radius 3 is 2.93 bits per heavy atom. The summed E-state index contributed by atoms with van der Waals surface area (Å²) in [5.41, 5.74) is 0. The van der Waals surface area contributed by atoms with E-state index < -0.39 is 0 Å². The second-order valence-corrected chi connectivity index (χ2v) is 4.67. The Hall–Kier alpha value is -0.350. The first-order chi connectivity index (χ1) is 7.15. The summed E-state index contributed by atoms with van der Waals surface area (Å²) >= 11 is 9.22. The van der Waals surface area contributed by atoms with Gasteiger partial charge in [-0.25, -0.2) is 9.97 Å². The topological polar surface area (TPSA) is 37.8 Å². The molecule has 1 N–H and O–H groups in total. The third kappa shape index (κ3) is 3.95. The fraction of sp³-hybridized carbons (Fsp3) is 0.600. The molecule has 84 valence electrons. The Labute approximate surface area is 104 Å². The summed E-state index contributed by atoms with van der Waals surface area (Å²) in [7, 11) is 0. The van der Waals surface area contributed by atoms with Gasteiger partial charge in [0.15, 0.2) is 0 Å². The molecule has 0 saturated heterocycles. The Morgan fingerprint density at radius 2 is 2.27 bits per heavy atom. The second-order valence-electron chi connectivity index (χ2n) is 3.51. The third-order valence-electron chi connectivity index (χ3n) is 2.12. The number of nitrogens with zero attached hydrogens (tertiary/aromatic N) is 2. The zero-order valence-electron chi connectivity index (χ0n) is 8.93. The number of rotatable bonds is 5. The summed E-state index contributed by atoms with van der Waals surface area (Å²) in [6, 6.07) is 0.396. The molecule has 0 saturated carbocycles. The molecule has 0 aliphatic carbocycles. The maximum absolute atomic E-state index is 5.86. The number of aromatic nitrogens is 2. The predicted octanol–water partition coefficient (Wildman–Crippen LogP) is 3.88. The Morgan fingerprint density at radius 1 is 1.53 bits per heavy atom. The molecule has 0 amide bonds. The van der Waals surface area contributed by atoms with Gasteiger partial charge in [0.25, 0.3) is 0 Å². The summed E-state index contributed by atoms with van der Waals surface area (Å²) < 4.78 is 0.731. The van der Waals surface area contributed by atoms with Crippen molar-refractivity contribution in [3.05, 3.63) is 16.0 Å². The highest BCUT2D eigenvalue weighted by molar-refractivity contribution is 9.10. The molecule has 0 spiro atoms. The molecule has 1 unspecified atom stereocenters. The van der Waals surface area contributed by atoms with Crippen molar-refractivity contribution in [1.29, 1.82) is 0 Å². The highest BCUT2D eigenvalue weighted by atomic mass is 79.9. The molecule has 1 rings (SSSR count). The lowest BCUT2D eigenvalue weighted by Gasteiger charge is -2.14. The molecule has 0 aliphatic rings. The van der Waals surface area contributed by atoms with E-state index in [1.165, 1.54) is 19.2 Å². The van der Waals surface area contributed by atoms with Crippen LogP contribution in [0.3, 0.4) is 0 Å². The fourth-order valence-electron chi connectivity index (χ4n) is 1.26. The van der Waals surface area contributed by atoms with Gasteiger partial charge in [0, 0.05) is 6.04 Å². The maximum Gasteiger partial charge on any atom is 0.148 e. The van der Waals surface area contributed by atoms with Crippen LogP contribution in [0.1, 0.15) is 33.1 Å². The van der Waals surface area contributed by atoms with Crippen molar-refractivity contribution in [2.24, 2.45) is 0 Å². The van der Waals surface area contributed by atoms with Crippen LogP contribution >= 0.6 is 27.5 Å². The molecular weight excluding hydrogens is 277 g/mol. The monoisotopic (exact) mass is 291 g/mol. The summed E-state index contributed by atoms with van der Waals surface area (Å²) in [6.07, 6.45) is 5.01. The minimum Gasteiger partial charge on any atom is -0.367 e. The van der Waals surface area contributed by atoms with Crippen LogP contribution in [0.15, 0.2) is 10.8 Å². The van der Waals surface area contributed by atoms with Crippen molar-refractivity contribution in [1.82, 2.24) is 9.97 Å². The lowest BCUT2D eigenvalue weighted by molar-refractivity contribution is 0.642. The molecule has 0 fully saturated rings. The van der Waals surface area contributed by atoms with Gasteiger partial charge in [-0.2, -0.15) is 0 Å². The largest absolute Gasteiger partial charge is 0.367 e. The van der Waals surface area contributed by atoms with Gasteiger partial charge >= 0.3 is 0 Å². The Kier molecular flexibility index (Phi) is 5.32. The van der Waals surface area contributed by atoms with E-state index in [0.717, 1.165) is 16.7 Å². The van der Waals surface area contributed by atoms with E-state index >= 15 is 0 Å². The Balaban J connectivity index is 2.60. The molecule has 15 heavy (non-hydrogen) atoms. The molecular formula is C10H15BrClN3. The molecule has 0 aromatic carbocycles. The molecule has 0 radical (unpaired) electrons. The molecule has 1 aromatic rings. The number of hydrogen-bond acceptors (Lipinski definition) is 3. The predicted molar refractivity (Wildman–Crippen MR) is 67.4 cm³/mol. The van der Waals surface area contributed by atoms with E-state index in [0.29, 0.717) is 11.2 Å². The number of nitrogens with one attached hydrogen (secondary N) is 1. The van der Waals surface area contributed by atoms with Crippen molar-refractivity contribution in [3.63, 3.8) is 0 Å². The Bertz CT molecular complexity index is 320. The fourth-order valence-corrected chi connectivity index (χ4v) is 1.72. The van der Waals surface area contributed by atoms with Gasteiger partial charge < -0.3 is 5.32 Å². The average Bonchev–Trinajstić information content (AvgIpc) is 2.22. The van der Waals surface area contributed by atoms with Crippen molar-refractivity contribution in [2.45, 2.75) is 39.2 Å². The first-order valence-electron chi connectivity index (χ1n) is 5.07. The summed E-state index contributed by atoms with van der Waals surface area (Å²) in [5, 5.41) is 3.74. The van der Waals surface area contributed by atoms with E-state index in [1.54, 1.807) is 0 Å². The lowest BCUT2D eigenvalue weighted by Crippen LogP contribution is -2.16. The van der Waals surface area contributed by atoms with Crippen LogP contribution < -0.4 is 5.32 Å². The minimum absolute atomic E-state index is 0.396. The molecule has 1 aromatic heterocycles. The molecule has 0 aliphatic heterocycles. The quantitative estimate of drug-likeness (QED) is 0.837. The number of anilines is 1. The standard InChI is InChI=1S/C10H15BrClN3/c1-3-4-5-7(2)15-10-8(11)9(12)13-6-14-10/h6-7H,3-5H2,1-2H3,(H,13,14,15). The SMILES string of the molecule is CCCCC(C)Nc1ncnc(Cl)c1Br. The van der Waals surface area contributed by atoms with E-state index in [2.05, 4.69) is 45.1 Å². The highest BCUT2D eigenvalue weighted by Crippen LogP contribution is 2.26. The lowest BCUT2D eigenvalue weighted by atomic mass is 10.1. The average molecular weight is 293 g/mol.